The standard InChI is InChI=1S/C23H18O4S2/c1-29(26,27)18-12-10-17(11-13-18)23-21(16-8-6-15(14-24)7-9-16)22(25)19-4-2-3-5-20(19)28-23/h2-13,24H,14H2,1H3. The molecule has 0 aliphatic heterocycles. The third kappa shape index (κ3) is 3.74. The SMILES string of the molecule is CS(=O)(=O)c1ccc(-c2sc3ccccc3c(=O)c2-c2ccc(CO)cc2)cc1. The summed E-state index contributed by atoms with van der Waals surface area (Å²) in [6.45, 7) is -0.0648. The molecule has 0 spiro atoms. The molecule has 1 N–H and O–H groups in total. The van der Waals surface area contributed by atoms with E-state index in [9.17, 15) is 18.3 Å². The summed E-state index contributed by atoms with van der Waals surface area (Å²) in [6, 6.07) is 21.3. The van der Waals surface area contributed by atoms with Crippen molar-refractivity contribution in [2.45, 2.75) is 11.5 Å². The van der Waals surface area contributed by atoms with Gasteiger partial charge in [-0.3, -0.25) is 4.79 Å². The molecular weight excluding hydrogens is 404 g/mol. The zero-order chi connectivity index (χ0) is 20.6. The highest BCUT2D eigenvalue weighted by Crippen LogP contribution is 2.37. The monoisotopic (exact) mass is 422 g/mol. The summed E-state index contributed by atoms with van der Waals surface area (Å²) in [7, 11) is -3.30. The highest BCUT2D eigenvalue weighted by atomic mass is 32.2. The van der Waals surface area contributed by atoms with Crippen LogP contribution in [-0.4, -0.2) is 19.8 Å². The molecule has 0 saturated heterocycles. The van der Waals surface area contributed by atoms with Crippen LogP contribution in [0, 0.1) is 0 Å². The Kier molecular flexibility index (Phi) is 5.08. The predicted octanol–water partition coefficient (Wildman–Crippen LogP) is 4.49. The molecule has 29 heavy (non-hydrogen) atoms. The summed E-state index contributed by atoms with van der Waals surface area (Å²) in [5.74, 6) is 0. The maximum atomic E-state index is 13.4. The Morgan fingerprint density at radius 1 is 0.862 bits per heavy atom. The Bertz CT molecular complexity index is 1350. The minimum absolute atomic E-state index is 0.0648. The fraction of sp³-hybridized carbons (Fsp3) is 0.0870. The molecule has 4 nitrogen and oxygen atoms in total. The molecular formula is C23H18O4S2. The molecule has 0 radical (unpaired) electrons. The molecule has 4 aromatic rings. The highest BCUT2D eigenvalue weighted by Gasteiger charge is 2.17. The van der Waals surface area contributed by atoms with Crippen LogP contribution in [0.25, 0.3) is 31.7 Å². The van der Waals surface area contributed by atoms with E-state index in [1.165, 1.54) is 17.6 Å². The van der Waals surface area contributed by atoms with Crippen LogP contribution in [0.4, 0.5) is 0 Å². The van der Waals surface area contributed by atoms with E-state index < -0.39 is 9.84 Å². The van der Waals surface area contributed by atoms with E-state index in [-0.39, 0.29) is 16.9 Å². The first kappa shape index (κ1) is 19.5. The van der Waals surface area contributed by atoms with E-state index in [1.807, 2.05) is 36.4 Å². The van der Waals surface area contributed by atoms with Crippen molar-refractivity contribution in [2.24, 2.45) is 0 Å². The van der Waals surface area contributed by atoms with Gasteiger partial charge < -0.3 is 5.11 Å². The van der Waals surface area contributed by atoms with E-state index in [1.54, 1.807) is 36.4 Å². The van der Waals surface area contributed by atoms with Crippen molar-refractivity contribution in [2.75, 3.05) is 6.26 Å². The molecule has 0 saturated carbocycles. The molecule has 0 aliphatic rings. The Morgan fingerprint density at radius 3 is 2.10 bits per heavy atom. The minimum atomic E-state index is -3.30. The second kappa shape index (κ2) is 7.55. The van der Waals surface area contributed by atoms with Crippen LogP contribution in [0.5, 0.6) is 0 Å². The summed E-state index contributed by atoms with van der Waals surface area (Å²) < 4.78 is 24.5. The second-order valence-electron chi connectivity index (χ2n) is 6.78. The van der Waals surface area contributed by atoms with E-state index >= 15 is 0 Å². The van der Waals surface area contributed by atoms with Gasteiger partial charge in [0, 0.05) is 26.8 Å². The van der Waals surface area contributed by atoms with Crippen LogP contribution >= 0.6 is 11.3 Å². The number of fused-ring (bicyclic) bond motifs is 1. The Balaban J connectivity index is 2.00. The van der Waals surface area contributed by atoms with Crippen LogP contribution in [-0.2, 0) is 16.4 Å². The first-order valence-electron chi connectivity index (χ1n) is 8.95. The van der Waals surface area contributed by atoms with Gasteiger partial charge in [-0.1, -0.05) is 48.5 Å². The van der Waals surface area contributed by atoms with E-state index in [4.69, 9.17) is 0 Å². The molecule has 0 fully saturated rings. The smallest absolute Gasteiger partial charge is 0.196 e. The third-order valence-corrected chi connectivity index (χ3v) is 7.12. The van der Waals surface area contributed by atoms with Gasteiger partial charge in [0.25, 0.3) is 0 Å². The lowest BCUT2D eigenvalue weighted by Gasteiger charge is -2.12. The van der Waals surface area contributed by atoms with Gasteiger partial charge in [-0.05, 0) is 41.0 Å². The largest absolute Gasteiger partial charge is 0.392 e. The topological polar surface area (TPSA) is 71.4 Å². The van der Waals surface area contributed by atoms with Crippen LogP contribution in [0.15, 0.2) is 82.5 Å². The Labute approximate surface area is 172 Å². The Hall–Kier alpha value is -2.80. The fourth-order valence-corrected chi connectivity index (χ4v) is 5.07. The normalized spacial score (nSPS) is 11.7. The zero-order valence-corrected chi connectivity index (χ0v) is 17.3. The van der Waals surface area contributed by atoms with Crippen LogP contribution in [0.3, 0.4) is 0 Å². The zero-order valence-electron chi connectivity index (χ0n) is 15.6. The lowest BCUT2D eigenvalue weighted by molar-refractivity contribution is 0.282. The quantitative estimate of drug-likeness (QED) is 0.526. The number of aliphatic hydroxyl groups excluding tert-OH is 1. The summed E-state index contributed by atoms with van der Waals surface area (Å²) >= 11 is 1.50. The van der Waals surface area contributed by atoms with Gasteiger partial charge >= 0.3 is 0 Å². The molecule has 0 bridgehead atoms. The van der Waals surface area contributed by atoms with Gasteiger partial charge in [0.2, 0.25) is 0 Å². The van der Waals surface area contributed by atoms with Gasteiger partial charge in [-0.25, -0.2) is 8.42 Å². The van der Waals surface area contributed by atoms with Crippen LogP contribution < -0.4 is 5.43 Å². The lowest BCUT2D eigenvalue weighted by Crippen LogP contribution is -2.06. The first-order valence-corrected chi connectivity index (χ1v) is 11.7. The fourth-order valence-electron chi connectivity index (χ4n) is 3.24. The van der Waals surface area contributed by atoms with Crippen molar-refractivity contribution in [1.29, 1.82) is 0 Å². The molecule has 146 valence electrons. The van der Waals surface area contributed by atoms with Crippen molar-refractivity contribution < 1.29 is 13.5 Å². The molecule has 3 aromatic carbocycles. The van der Waals surface area contributed by atoms with E-state index in [2.05, 4.69) is 0 Å². The minimum Gasteiger partial charge on any atom is -0.392 e. The highest BCUT2D eigenvalue weighted by molar-refractivity contribution is 7.90. The van der Waals surface area contributed by atoms with Crippen molar-refractivity contribution in [3.05, 3.63) is 88.6 Å². The number of aliphatic hydroxyl groups is 1. The molecule has 0 atom stereocenters. The summed E-state index contributed by atoms with van der Waals surface area (Å²) in [5.41, 5.74) is 2.82. The van der Waals surface area contributed by atoms with Gasteiger partial charge in [0.05, 0.1) is 11.5 Å². The van der Waals surface area contributed by atoms with Crippen LogP contribution in [0.2, 0.25) is 0 Å². The van der Waals surface area contributed by atoms with Crippen LogP contribution in [0.1, 0.15) is 5.56 Å². The van der Waals surface area contributed by atoms with Crippen molar-refractivity contribution in [1.82, 2.24) is 0 Å². The molecule has 1 heterocycles. The molecule has 1 aromatic heterocycles. The van der Waals surface area contributed by atoms with Crippen molar-refractivity contribution in [3.63, 3.8) is 0 Å². The van der Waals surface area contributed by atoms with Gasteiger partial charge in [0.15, 0.2) is 15.3 Å². The number of sulfone groups is 1. The molecule has 6 heteroatoms. The molecule has 0 aliphatic carbocycles. The molecule has 0 amide bonds. The van der Waals surface area contributed by atoms with Crippen molar-refractivity contribution >= 4 is 31.3 Å². The predicted molar refractivity (Wildman–Crippen MR) is 118 cm³/mol. The van der Waals surface area contributed by atoms with Gasteiger partial charge in [-0.15, -0.1) is 11.3 Å². The number of hydrogen-bond acceptors (Lipinski definition) is 5. The maximum absolute atomic E-state index is 13.4. The average Bonchev–Trinajstić information content (AvgIpc) is 2.73. The lowest BCUT2D eigenvalue weighted by atomic mass is 9.99. The summed E-state index contributed by atoms with van der Waals surface area (Å²) in [4.78, 5) is 14.4. The number of hydrogen-bond donors (Lipinski definition) is 1. The van der Waals surface area contributed by atoms with Gasteiger partial charge in [-0.2, -0.15) is 0 Å². The maximum Gasteiger partial charge on any atom is 0.196 e. The first-order chi connectivity index (χ1) is 13.9. The third-order valence-electron chi connectivity index (χ3n) is 4.77. The van der Waals surface area contributed by atoms with E-state index in [0.717, 1.165) is 26.3 Å². The second-order valence-corrected chi connectivity index (χ2v) is 9.85. The summed E-state index contributed by atoms with van der Waals surface area (Å²) in [6.07, 6.45) is 1.17. The number of rotatable bonds is 4. The average molecular weight is 423 g/mol. The molecule has 0 unspecified atom stereocenters. The van der Waals surface area contributed by atoms with E-state index in [0.29, 0.717) is 10.9 Å². The van der Waals surface area contributed by atoms with Gasteiger partial charge in [0.1, 0.15) is 0 Å². The Morgan fingerprint density at radius 2 is 1.48 bits per heavy atom. The summed E-state index contributed by atoms with van der Waals surface area (Å²) in [5, 5.41) is 9.96. The number of benzene rings is 3. The van der Waals surface area contributed by atoms with Crippen molar-refractivity contribution in [3.8, 4) is 21.6 Å². The molecule has 4 rings (SSSR count).